The van der Waals surface area contributed by atoms with E-state index in [-0.39, 0.29) is 36.6 Å². The summed E-state index contributed by atoms with van der Waals surface area (Å²) < 4.78 is 25.4. The predicted octanol–water partition coefficient (Wildman–Crippen LogP) is 6.01. The van der Waals surface area contributed by atoms with Crippen molar-refractivity contribution in [3.8, 4) is 11.5 Å². The Labute approximate surface area is 182 Å². The van der Waals surface area contributed by atoms with Crippen LogP contribution in [0.4, 0.5) is 0 Å². The van der Waals surface area contributed by atoms with Crippen molar-refractivity contribution in [1.82, 2.24) is 0 Å². The maximum absolute atomic E-state index is 6.67. The summed E-state index contributed by atoms with van der Waals surface area (Å²) in [5.74, 6) is 3.01. The first-order chi connectivity index (χ1) is 13.9. The van der Waals surface area contributed by atoms with Crippen LogP contribution < -0.4 is 9.31 Å². The summed E-state index contributed by atoms with van der Waals surface area (Å²) in [6.45, 7) is 16.0. The van der Waals surface area contributed by atoms with E-state index in [0.29, 0.717) is 11.3 Å². The van der Waals surface area contributed by atoms with Gasteiger partial charge in [0.1, 0.15) is 11.5 Å². The molecule has 30 heavy (non-hydrogen) atoms. The first-order valence-electron chi connectivity index (χ1n) is 11.7. The van der Waals surface area contributed by atoms with E-state index >= 15 is 0 Å². The van der Waals surface area contributed by atoms with Crippen molar-refractivity contribution >= 4 is 14.2 Å². The van der Waals surface area contributed by atoms with E-state index in [1.165, 1.54) is 12.8 Å². The molecule has 2 heterocycles. The average molecular weight is 410 g/mol. The summed E-state index contributed by atoms with van der Waals surface area (Å²) >= 11 is 0. The van der Waals surface area contributed by atoms with Gasteiger partial charge in [-0.3, -0.25) is 0 Å². The van der Waals surface area contributed by atoms with Gasteiger partial charge in [-0.05, 0) is 67.3 Å². The fourth-order valence-electron chi connectivity index (χ4n) is 6.36. The largest absolute Gasteiger partial charge is 0.600 e. The molecule has 3 saturated carbocycles. The molecule has 1 aromatic carbocycles. The number of para-hydroxylation sites is 2. The molecule has 0 spiro atoms. The Morgan fingerprint density at radius 1 is 0.967 bits per heavy atom. The average Bonchev–Trinajstić information content (AvgIpc) is 3.26. The Hall–Kier alpha value is -1.13. The highest BCUT2D eigenvalue weighted by molar-refractivity contribution is 6.51. The van der Waals surface area contributed by atoms with Gasteiger partial charge < -0.3 is 18.6 Å². The molecular formula is C24H36B2O4. The van der Waals surface area contributed by atoms with Crippen LogP contribution in [0.2, 0.25) is 10.6 Å². The molecule has 2 bridgehead atoms. The minimum absolute atomic E-state index is 0.00921. The number of hydrogen-bond donors (Lipinski definition) is 0. The molecule has 5 aliphatic rings. The van der Waals surface area contributed by atoms with E-state index in [1.807, 2.05) is 24.3 Å². The van der Waals surface area contributed by atoms with Crippen molar-refractivity contribution in [2.45, 2.75) is 96.5 Å². The molecule has 3 aliphatic carbocycles. The Bertz CT molecular complexity index is 812. The van der Waals surface area contributed by atoms with Gasteiger partial charge in [0.2, 0.25) is 0 Å². The molecule has 6 heteroatoms. The lowest BCUT2D eigenvalue weighted by atomic mass is 9.40. The van der Waals surface area contributed by atoms with Gasteiger partial charge in [-0.25, -0.2) is 0 Å². The van der Waals surface area contributed by atoms with Gasteiger partial charge in [0.15, 0.2) is 0 Å². The molecule has 4 nitrogen and oxygen atoms in total. The van der Waals surface area contributed by atoms with Crippen LogP contribution in [0.5, 0.6) is 11.5 Å². The summed E-state index contributed by atoms with van der Waals surface area (Å²) in [6, 6.07) is 7.99. The van der Waals surface area contributed by atoms with Gasteiger partial charge in [-0.1, -0.05) is 53.7 Å². The molecule has 1 aromatic rings. The summed E-state index contributed by atoms with van der Waals surface area (Å²) in [5.41, 5.74) is 0.131. The summed E-state index contributed by atoms with van der Waals surface area (Å²) in [7, 11) is -0.329. The number of rotatable bonds is 4. The molecule has 162 valence electrons. The van der Waals surface area contributed by atoms with Gasteiger partial charge in [0.05, 0.1) is 11.7 Å². The monoisotopic (exact) mass is 410 g/mol. The SMILES string of the molecule is CC(C)(C)B1O[C@@H]2C[C@@H]3C[C@@H](C3(C)CCC(C)(C)B3Oc4ccccc4O3)[C@]2(C)O1. The van der Waals surface area contributed by atoms with Crippen molar-refractivity contribution in [2.24, 2.45) is 17.3 Å². The fourth-order valence-corrected chi connectivity index (χ4v) is 6.36. The van der Waals surface area contributed by atoms with Gasteiger partial charge in [0.25, 0.3) is 0 Å². The highest BCUT2D eigenvalue weighted by atomic mass is 16.7. The molecule has 0 N–H and O–H groups in total. The van der Waals surface area contributed by atoms with E-state index in [1.54, 1.807) is 0 Å². The molecule has 4 fully saturated rings. The highest BCUT2D eigenvalue weighted by Crippen LogP contribution is 2.69. The molecule has 1 unspecified atom stereocenters. The third kappa shape index (κ3) is 2.97. The number of fused-ring (bicyclic) bond motifs is 1. The van der Waals surface area contributed by atoms with Crippen LogP contribution in [0.25, 0.3) is 0 Å². The summed E-state index contributed by atoms with van der Waals surface area (Å²) in [6.07, 6.45) is 4.87. The second-order valence-electron chi connectivity index (χ2n) is 12.4. The Balaban J connectivity index is 1.27. The Morgan fingerprint density at radius 3 is 2.20 bits per heavy atom. The van der Waals surface area contributed by atoms with Crippen LogP contribution in [0, 0.1) is 17.3 Å². The van der Waals surface area contributed by atoms with E-state index in [9.17, 15) is 0 Å². The molecule has 0 radical (unpaired) electrons. The molecule has 0 amide bonds. The lowest BCUT2D eigenvalue weighted by molar-refractivity contribution is -0.211. The molecule has 5 atom stereocenters. The third-order valence-electron chi connectivity index (χ3n) is 8.70. The zero-order valence-corrected chi connectivity index (χ0v) is 19.7. The summed E-state index contributed by atoms with van der Waals surface area (Å²) in [5, 5.41) is -0.0531. The highest BCUT2D eigenvalue weighted by Gasteiger charge is 2.70. The molecule has 6 rings (SSSR count). The van der Waals surface area contributed by atoms with Crippen molar-refractivity contribution < 1.29 is 18.6 Å². The first-order valence-corrected chi connectivity index (χ1v) is 11.7. The van der Waals surface area contributed by atoms with Gasteiger partial charge in [-0.2, -0.15) is 0 Å². The van der Waals surface area contributed by atoms with Crippen molar-refractivity contribution in [1.29, 1.82) is 0 Å². The van der Waals surface area contributed by atoms with E-state index in [4.69, 9.17) is 18.6 Å². The molecule has 0 aromatic heterocycles. The minimum atomic E-state index is -0.224. The minimum Gasteiger partial charge on any atom is -0.523 e. The topological polar surface area (TPSA) is 36.9 Å². The van der Waals surface area contributed by atoms with Crippen LogP contribution in [-0.2, 0) is 9.31 Å². The van der Waals surface area contributed by atoms with Crippen LogP contribution in [0.15, 0.2) is 24.3 Å². The van der Waals surface area contributed by atoms with Crippen LogP contribution in [0.3, 0.4) is 0 Å². The van der Waals surface area contributed by atoms with Gasteiger partial charge >= 0.3 is 14.2 Å². The lowest BCUT2D eigenvalue weighted by Gasteiger charge is -2.66. The first kappa shape index (κ1) is 20.8. The zero-order chi connectivity index (χ0) is 21.5. The standard InChI is InChI=1S/C24H36B2O4/c1-21(2,3)25-29-20-15-16-14-19(24(20,7)30-25)23(16,6)13-12-22(4,5)26-27-17-10-8-9-11-18(17)28-26/h8-11,16,19-20H,12-15H2,1-7H3/t16-,19-,20+,23?,24-/m0/s1. The third-order valence-corrected chi connectivity index (χ3v) is 8.70. The second-order valence-corrected chi connectivity index (χ2v) is 12.4. The van der Waals surface area contributed by atoms with E-state index in [0.717, 1.165) is 30.3 Å². The van der Waals surface area contributed by atoms with E-state index in [2.05, 4.69) is 48.5 Å². The second kappa shape index (κ2) is 6.45. The van der Waals surface area contributed by atoms with Crippen LogP contribution in [0.1, 0.15) is 74.1 Å². The Morgan fingerprint density at radius 2 is 1.60 bits per heavy atom. The van der Waals surface area contributed by atoms with Crippen LogP contribution in [-0.4, -0.2) is 25.9 Å². The van der Waals surface area contributed by atoms with E-state index < -0.39 is 0 Å². The van der Waals surface area contributed by atoms with Gasteiger partial charge in [-0.15, -0.1) is 0 Å². The summed E-state index contributed by atoms with van der Waals surface area (Å²) in [4.78, 5) is 0. The zero-order valence-electron chi connectivity index (χ0n) is 19.7. The molecular weight excluding hydrogens is 374 g/mol. The number of hydrogen-bond acceptors (Lipinski definition) is 4. The normalized spacial score (nSPS) is 37.2. The lowest BCUT2D eigenvalue weighted by Crippen LogP contribution is -2.66. The maximum Gasteiger partial charge on any atom is 0.600 e. The Kier molecular flexibility index (Phi) is 4.46. The maximum atomic E-state index is 6.67. The van der Waals surface area contributed by atoms with Crippen molar-refractivity contribution in [3.63, 3.8) is 0 Å². The molecule has 1 saturated heterocycles. The predicted molar refractivity (Wildman–Crippen MR) is 121 cm³/mol. The smallest absolute Gasteiger partial charge is 0.523 e. The quantitative estimate of drug-likeness (QED) is 0.570. The fraction of sp³-hybridized carbons (Fsp3) is 0.750. The number of benzene rings is 1. The molecule has 2 aliphatic heterocycles. The van der Waals surface area contributed by atoms with Crippen molar-refractivity contribution in [3.05, 3.63) is 24.3 Å². The van der Waals surface area contributed by atoms with Gasteiger partial charge in [0, 0.05) is 5.31 Å². The van der Waals surface area contributed by atoms with Crippen molar-refractivity contribution in [2.75, 3.05) is 0 Å². The van der Waals surface area contributed by atoms with Crippen LogP contribution >= 0.6 is 0 Å².